The summed E-state index contributed by atoms with van der Waals surface area (Å²) in [5.74, 6) is 0.450. The second kappa shape index (κ2) is 9.41. The molecule has 4 rings (SSSR count). The molecular formula is C24H24N4O4S. The van der Waals surface area contributed by atoms with E-state index >= 15 is 0 Å². The molecule has 2 aromatic heterocycles. The number of ether oxygens (including phenoxy) is 2. The van der Waals surface area contributed by atoms with Crippen LogP contribution in [0.3, 0.4) is 0 Å². The summed E-state index contributed by atoms with van der Waals surface area (Å²) in [6, 6.07) is 12.4. The standard InChI is InChI=1S/C24H24N4O4S/c1-5-31-18-10-11-19-20(12-18)33-24(27-19)28-22(29)15(4)32-23(30)17-8-6-16(7-9-17)21-25-13(2)14(3)26-21/h6-12,15H,5H2,1-4H3,(H,25,26)(H,27,28,29). The molecule has 8 nitrogen and oxygen atoms in total. The molecule has 170 valence electrons. The number of fused-ring (bicyclic) bond motifs is 1. The number of benzene rings is 2. The fourth-order valence-corrected chi connectivity index (χ4v) is 4.05. The number of imidazole rings is 1. The van der Waals surface area contributed by atoms with Gasteiger partial charge < -0.3 is 14.5 Å². The zero-order chi connectivity index (χ0) is 23.5. The van der Waals surface area contributed by atoms with Crippen LogP contribution >= 0.6 is 11.3 Å². The molecule has 0 aliphatic rings. The maximum Gasteiger partial charge on any atom is 0.338 e. The molecule has 9 heteroatoms. The highest BCUT2D eigenvalue weighted by Gasteiger charge is 2.20. The minimum absolute atomic E-state index is 0.349. The molecule has 0 aliphatic heterocycles. The number of H-pyrrole nitrogens is 1. The lowest BCUT2D eigenvalue weighted by Crippen LogP contribution is -2.29. The van der Waals surface area contributed by atoms with Crippen molar-refractivity contribution in [2.24, 2.45) is 0 Å². The Morgan fingerprint density at radius 1 is 1.12 bits per heavy atom. The van der Waals surface area contributed by atoms with Crippen molar-refractivity contribution in [3.63, 3.8) is 0 Å². The Hall–Kier alpha value is -3.72. The van der Waals surface area contributed by atoms with Crippen molar-refractivity contribution in [1.29, 1.82) is 0 Å². The second-order valence-electron chi connectivity index (χ2n) is 7.49. The lowest BCUT2D eigenvalue weighted by molar-refractivity contribution is -0.123. The van der Waals surface area contributed by atoms with E-state index in [0.29, 0.717) is 17.3 Å². The lowest BCUT2D eigenvalue weighted by Gasteiger charge is -2.12. The molecular weight excluding hydrogens is 440 g/mol. The van der Waals surface area contributed by atoms with E-state index in [1.165, 1.54) is 18.3 Å². The number of hydrogen-bond acceptors (Lipinski definition) is 7. The first-order valence-corrected chi connectivity index (χ1v) is 11.3. The number of aromatic amines is 1. The van der Waals surface area contributed by atoms with Crippen LogP contribution in [0, 0.1) is 13.8 Å². The van der Waals surface area contributed by atoms with Crippen molar-refractivity contribution < 1.29 is 19.1 Å². The number of nitrogens with one attached hydrogen (secondary N) is 2. The molecule has 2 aromatic carbocycles. The highest BCUT2D eigenvalue weighted by Crippen LogP contribution is 2.29. The largest absolute Gasteiger partial charge is 0.494 e. The predicted molar refractivity (Wildman–Crippen MR) is 128 cm³/mol. The molecule has 2 heterocycles. The van der Waals surface area contributed by atoms with Crippen molar-refractivity contribution in [2.45, 2.75) is 33.8 Å². The number of carbonyl (C=O) groups is 2. The average Bonchev–Trinajstić information content (AvgIpc) is 3.35. The highest BCUT2D eigenvalue weighted by molar-refractivity contribution is 7.22. The molecule has 1 atom stereocenters. The Bertz CT molecular complexity index is 1290. The third kappa shape index (κ3) is 5.04. The van der Waals surface area contributed by atoms with E-state index in [4.69, 9.17) is 9.47 Å². The zero-order valence-corrected chi connectivity index (χ0v) is 19.6. The maximum atomic E-state index is 12.5. The number of aromatic nitrogens is 3. The van der Waals surface area contributed by atoms with E-state index in [1.54, 1.807) is 24.3 Å². The van der Waals surface area contributed by atoms with Crippen LogP contribution in [0.2, 0.25) is 0 Å². The number of amides is 1. The second-order valence-corrected chi connectivity index (χ2v) is 8.52. The number of rotatable bonds is 7. The van der Waals surface area contributed by atoms with Gasteiger partial charge in [0.05, 0.1) is 28.1 Å². The van der Waals surface area contributed by atoms with E-state index in [0.717, 1.165) is 38.7 Å². The summed E-state index contributed by atoms with van der Waals surface area (Å²) >= 11 is 1.33. The number of carbonyl (C=O) groups excluding carboxylic acids is 2. The quantitative estimate of drug-likeness (QED) is 0.377. The third-order valence-electron chi connectivity index (χ3n) is 5.08. The molecule has 0 saturated carbocycles. The summed E-state index contributed by atoms with van der Waals surface area (Å²) in [5, 5.41) is 3.15. The van der Waals surface area contributed by atoms with Crippen LogP contribution in [-0.4, -0.2) is 39.5 Å². The Labute approximate surface area is 195 Å². The first kappa shape index (κ1) is 22.5. The Kier molecular flexibility index (Phi) is 6.41. The molecule has 33 heavy (non-hydrogen) atoms. The summed E-state index contributed by atoms with van der Waals surface area (Å²) in [7, 11) is 0. The monoisotopic (exact) mass is 464 g/mol. The Morgan fingerprint density at radius 3 is 2.55 bits per heavy atom. The van der Waals surface area contributed by atoms with Gasteiger partial charge in [0.2, 0.25) is 0 Å². The van der Waals surface area contributed by atoms with Gasteiger partial charge in [0.25, 0.3) is 5.91 Å². The van der Waals surface area contributed by atoms with Crippen molar-refractivity contribution in [1.82, 2.24) is 15.0 Å². The summed E-state index contributed by atoms with van der Waals surface area (Å²) in [6.07, 6.45) is -0.987. The van der Waals surface area contributed by atoms with Crippen LogP contribution in [0.25, 0.3) is 21.6 Å². The maximum absolute atomic E-state index is 12.5. The predicted octanol–water partition coefficient (Wildman–Crippen LogP) is 4.89. The Balaban J connectivity index is 1.38. The number of hydrogen-bond donors (Lipinski definition) is 2. The number of thiazole rings is 1. The van der Waals surface area contributed by atoms with Gasteiger partial charge in [0.15, 0.2) is 11.2 Å². The number of nitrogens with zero attached hydrogens (tertiary/aromatic N) is 2. The van der Waals surface area contributed by atoms with Gasteiger partial charge in [-0.05, 0) is 58.0 Å². The van der Waals surface area contributed by atoms with E-state index in [2.05, 4.69) is 20.3 Å². The highest BCUT2D eigenvalue weighted by atomic mass is 32.1. The molecule has 0 spiro atoms. The summed E-state index contributed by atoms with van der Waals surface area (Å²) in [4.78, 5) is 37.1. The van der Waals surface area contributed by atoms with Gasteiger partial charge in [-0.2, -0.15) is 0 Å². The number of aryl methyl sites for hydroxylation is 2. The van der Waals surface area contributed by atoms with E-state index in [9.17, 15) is 9.59 Å². The van der Waals surface area contributed by atoms with Crippen LogP contribution in [0.15, 0.2) is 42.5 Å². The SMILES string of the molecule is CCOc1ccc2nc(NC(=O)C(C)OC(=O)c3ccc(-c4nc(C)c(C)[nH]4)cc3)sc2c1. The third-order valence-corrected chi connectivity index (χ3v) is 6.01. The molecule has 0 saturated heterocycles. The van der Waals surface area contributed by atoms with E-state index < -0.39 is 18.0 Å². The molecule has 1 amide bonds. The molecule has 0 aliphatic carbocycles. The van der Waals surface area contributed by atoms with E-state index in [1.807, 2.05) is 39.0 Å². The fourth-order valence-electron chi connectivity index (χ4n) is 3.15. The molecule has 0 bridgehead atoms. The lowest BCUT2D eigenvalue weighted by atomic mass is 10.1. The number of anilines is 1. The zero-order valence-electron chi connectivity index (χ0n) is 18.8. The smallest absolute Gasteiger partial charge is 0.338 e. The normalized spacial score (nSPS) is 11.9. The van der Waals surface area contributed by atoms with E-state index in [-0.39, 0.29) is 0 Å². The van der Waals surface area contributed by atoms with Gasteiger partial charge in [-0.1, -0.05) is 23.5 Å². The van der Waals surface area contributed by atoms with Crippen molar-refractivity contribution >= 4 is 38.6 Å². The van der Waals surface area contributed by atoms with Crippen LogP contribution in [0.5, 0.6) is 5.75 Å². The van der Waals surface area contributed by atoms with Crippen LogP contribution in [0.4, 0.5) is 5.13 Å². The molecule has 4 aromatic rings. The molecule has 0 fully saturated rings. The van der Waals surface area contributed by atoms with Crippen LogP contribution in [0.1, 0.15) is 35.6 Å². The minimum Gasteiger partial charge on any atom is -0.494 e. The van der Waals surface area contributed by atoms with Gasteiger partial charge in [0.1, 0.15) is 11.6 Å². The van der Waals surface area contributed by atoms with Gasteiger partial charge in [-0.25, -0.2) is 14.8 Å². The van der Waals surface area contributed by atoms with Gasteiger partial charge in [-0.15, -0.1) is 0 Å². The number of esters is 1. The first-order chi connectivity index (χ1) is 15.8. The Morgan fingerprint density at radius 2 is 1.88 bits per heavy atom. The average molecular weight is 465 g/mol. The minimum atomic E-state index is -0.987. The van der Waals surface area contributed by atoms with Crippen LogP contribution < -0.4 is 10.1 Å². The van der Waals surface area contributed by atoms with Crippen molar-refractivity contribution in [3.8, 4) is 17.1 Å². The summed E-state index contributed by atoms with van der Waals surface area (Å²) < 4.78 is 11.7. The summed E-state index contributed by atoms with van der Waals surface area (Å²) in [6.45, 7) is 7.90. The van der Waals surface area contributed by atoms with Crippen molar-refractivity contribution in [3.05, 3.63) is 59.4 Å². The van der Waals surface area contributed by atoms with Crippen LogP contribution in [-0.2, 0) is 9.53 Å². The molecule has 1 unspecified atom stereocenters. The van der Waals surface area contributed by atoms with Gasteiger partial charge >= 0.3 is 5.97 Å². The summed E-state index contributed by atoms with van der Waals surface area (Å²) in [5.41, 5.74) is 3.89. The fraction of sp³-hybridized carbons (Fsp3) is 0.250. The van der Waals surface area contributed by atoms with Gasteiger partial charge in [0, 0.05) is 11.3 Å². The topological polar surface area (TPSA) is 106 Å². The van der Waals surface area contributed by atoms with Gasteiger partial charge in [-0.3, -0.25) is 10.1 Å². The molecule has 0 radical (unpaired) electrons. The first-order valence-electron chi connectivity index (χ1n) is 10.5. The molecule has 2 N–H and O–H groups in total. The van der Waals surface area contributed by atoms with Crippen molar-refractivity contribution in [2.75, 3.05) is 11.9 Å².